The van der Waals surface area contributed by atoms with Crippen LogP contribution < -0.4 is 4.74 Å². The summed E-state index contributed by atoms with van der Waals surface area (Å²) >= 11 is 0. The third-order valence-corrected chi connectivity index (χ3v) is 4.81. The second kappa shape index (κ2) is 8.04. The van der Waals surface area contributed by atoms with E-state index in [9.17, 15) is 5.11 Å². The Morgan fingerprint density at radius 3 is 2.78 bits per heavy atom. The Morgan fingerprint density at radius 1 is 1.19 bits per heavy atom. The number of rotatable bonds is 6. The molecule has 4 rings (SSSR count). The monoisotopic (exact) mass is 368 g/mol. The predicted molar refractivity (Wildman–Crippen MR) is 102 cm³/mol. The molecule has 0 bridgehead atoms. The Labute approximate surface area is 158 Å². The Balaban J connectivity index is 1.44. The molecule has 1 saturated heterocycles. The fraction of sp³-hybridized carbons (Fsp3) is 0.400. The first-order valence-corrected chi connectivity index (χ1v) is 9.25. The molecule has 7 nitrogen and oxygen atoms in total. The van der Waals surface area contributed by atoms with E-state index in [4.69, 9.17) is 9.47 Å². The van der Waals surface area contributed by atoms with Crippen LogP contribution in [0.15, 0.2) is 42.9 Å². The highest BCUT2D eigenvalue weighted by molar-refractivity contribution is 5.77. The molecule has 0 radical (unpaired) electrons. The van der Waals surface area contributed by atoms with Gasteiger partial charge in [0.2, 0.25) is 0 Å². The molecule has 3 aromatic rings. The number of hydrogen-bond acceptors (Lipinski definition) is 6. The molecule has 0 spiro atoms. The van der Waals surface area contributed by atoms with Crippen molar-refractivity contribution < 1.29 is 14.6 Å². The van der Waals surface area contributed by atoms with Crippen molar-refractivity contribution in [1.29, 1.82) is 0 Å². The van der Waals surface area contributed by atoms with Crippen LogP contribution in [0.25, 0.3) is 16.8 Å². The lowest BCUT2D eigenvalue weighted by Crippen LogP contribution is -2.38. The maximum Gasteiger partial charge on any atom is 0.137 e. The van der Waals surface area contributed by atoms with E-state index in [1.807, 2.05) is 35.0 Å². The van der Waals surface area contributed by atoms with E-state index in [-0.39, 0.29) is 0 Å². The molecule has 3 aromatic heterocycles. The van der Waals surface area contributed by atoms with Gasteiger partial charge in [-0.2, -0.15) is 5.10 Å². The molecule has 27 heavy (non-hydrogen) atoms. The smallest absolute Gasteiger partial charge is 0.137 e. The standard InChI is InChI=1S/C20H24N4O3/c1-15(25)16-2-4-19(21-12-16)18-13-22-24-14-17(3-5-20(18)24)27-11-8-23-6-9-26-10-7-23/h2-5,12-15,25H,6-11H2,1H3. The average Bonchev–Trinajstić information content (AvgIpc) is 3.12. The van der Waals surface area contributed by atoms with Crippen LogP contribution in [0.5, 0.6) is 5.75 Å². The minimum atomic E-state index is -0.521. The summed E-state index contributed by atoms with van der Waals surface area (Å²) in [5, 5.41) is 14.1. The highest BCUT2D eigenvalue weighted by Crippen LogP contribution is 2.25. The second-order valence-electron chi connectivity index (χ2n) is 6.71. The van der Waals surface area contributed by atoms with Gasteiger partial charge in [0.05, 0.1) is 42.9 Å². The highest BCUT2D eigenvalue weighted by Gasteiger charge is 2.12. The van der Waals surface area contributed by atoms with Crippen LogP contribution in [0.1, 0.15) is 18.6 Å². The number of pyridine rings is 2. The van der Waals surface area contributed by atoms with Gasteiger partial charge >= 0.3 is 0 Å². The van der Waals surface area contributed by atoms with Crippen molar-refractivity contribution in [3.63, 3.8) is 0 Å². The number of aliphatic hydroxyl groups is 1. The molecule has 1 aliphatic heterocycles. The van der Waals surface area contributed by atoms with E-state index in [1.54, 1.807) is 19.3 Å². The van der Waals surface area contributed by atoms with E-state index in [0.29, 0.717) is 6.61 Å². The molecule has 0 amide bonds. The first-order chi connectivity index (χ1) is 13.2. The van der Waals surface area contributed by atoms with Crippen LogP contribution >= 0.6 is 0 Å². The third-order valence-electron chi connectivity index (χ3n) is 4.81. The van der Waals surface area contributed by atoms with Crippen molar-refractivity contribution in [2.24, 2.45) is 0 Å². The summed E-state index contributed by atoms with van der Waals surface area (Å²) in [6.45, 7) is 6.79. The minimum Gasteiger partial charge on any atom is -0.491 e. The zero-order valence-corrected chi connectivity index (χ0v) is 15.4. The van der Waals surface area contributed by atoms with E-state index < -0.39 is 6.10 Å². The van der Waals surface area contributed by atoms with Gasteiger partial charge in [-0.3, -0.25) is 9.88 Å². The Bertz CT molecular complexity index is 886. The number of hydrogen-bond donors (Lipinski definition) is 1. The van der Waals surface area contributed by atoms with Gasteiger partial charge in [0.1, 0.15) is 12.4 Å². The van der Waals surface area contributed by atoms with Crippen LogP contribution in [0.2, 0.25) is 0 Å². The lowest BCUT2D eigenvalue weighted by Gasteiger charge is -2.26. The van der Waals surface area contributed by atoms with Gasteiger partial charge in [-0.05, 0) is 30.7 Å². The molecule has 0 aromatic carbocycles. The van der Waals surface area contributed by atoms with Crippen molar-refractivity contribution in [1.82, 2.24) is 19.5 Å². The van der Waals surface area contributed by atoms with Gasteiger partial charge < -0.3 is 14.6 Å². The number of morpholine rings is 1. The number of aromatic nitrogens is 3. The van der Waals surface area contributed by atoms with Crippen LogP contribution in [0, 0.1) is 0 Å². The van der Waals surface area contributed by atoms with Gasteiger partial charge in [0.15, 0.2) is 0 Å². The van der Waals surface area contributed by atoms with Crippen LogP contribution in [0.3, 0.4) is 0 Å². The molecule has 1 aliphatic rings. The molecule has 142 valence electrons. The van der Waals surface area contributed by atoms with E-state index in [2.05, 4.69) is 15.0 Å². The fourth-order valence-corrected chi connectivity index (χ4v) is 3.18. The number of fused-ring (bicyclic) bond motifs is 1. The lowest BCUT2D eigenvalue weighted by atomic mass is 10.1. The highest BCUT2D eigenvalue weighted by atomic mass is 16.5. The summed E-state index contributed by atoms with van der Waals surface area (Å²) in [6.07, 6.45) is 4.87. The van der Waals surface area contributed by atoms with Crippen LogP contribution in [0.4, 0.5) is 0 Å². The first-order valence-electron chi connectivity index (χ1n) is 9.25. The van der Waals surface area contributed by atoms with Gasteiger partial charge in [-0.25, -0.2) is 4.52 Å². The fourth-order valence-electron chi connectivity index (χ4n) is 3.18. The van der Waals surface area contributed by atoms with E-state index in [0.717, 1.165) is 60.9 Å². The molecule has 1 unspecified atom stereocenters. The largest absolute Gasteiger partial charge is 0.491 e. The maximum atomic E-state index is 9.62. The van der Waals surface area contributed by atoms with Gasteiger partial charge in [-0.1, -0.05) is 6.07 Å². The van der Waals surface area contributed by atoms with E-state index >= 15 is 0 Å². The van der Waals surface area contributed by atoms with Crippen LogP contribution in [-0.2, 0) is 4.74 Å². The van der Waals surface area contributed by atoms with Crippen molar-refractivity contribution in [2.75, 3.05) is 39.5 Å². The molecule has 4 heterocycles. The molecule has 0 aliphatic carbocycles. The molecule has 0 saturated carbocycles. The SMILES string of the molecule is CC(O)c1ccc(-c2cnn3cc(OCCN4CCOCC4)ccc23)nc1. The lowest BCUT2D eigenvalue weighted by molar-refractivity contribution is 0.0322. The molecular weight excluding hydrogens is 344 g/mol. The van der Waals surface area contributed by atoms with Crippen LogP contribution in [-0.4, -0.2) is 64.1 Å². The average molecular weight is 368 g/mol. The summed E-state index contributed by atoms with van der Waals surface area (Å²) in [6, 6.07) is 7.76. The quantitative estimate of drug-likeness (QED) is 0.719. The second-order valence-corrected chi connectivity index (χ2v) is 6.71. The molecule has 1 fully saturated rings. The topological polar surface area (TPSA) is 72.1 Å². The summed E-state index contributed by atoms with van der Waals surface area (Å²) in [5.74, 6) is 0.794. The number of aliphatic hydroxyl groups excluding tert-OH is 1. The molecule has 1 N–H and O–H groups in total. The molecule has 1 atom stereocenters. The van der Waals surface area contributed by atoms with Gasteiger partial charge in [0.25, 0.3) is 0 Å². The maximum absolute atomic E-state index is 9.62. The Kier molecular flexibility index (Phi) is 5.33. The van der Waals surface area contributed by atoms with Crippen molar-refractivity contribution in [2.45, 2.75) is 13.0 Å². The molecular formula is C20H24N4O3. The predicted octanol–water partition coefficient (Wildman–Crippen LogP) is 2.16. The summed E-state index contributed by atoms with van der Waals surface area (Å²) in [7, 11) is 0. The normalized spacial score (nSPS) is 16.5. The summed E-state index contributed by atoms with van der Waals surface area (Å²) in [4.78, 5) is 6.80. The number of nitrogens with zero attached hydrogens (tertiary/aromatic N) is 4. The first kappa shape index (κ1) is 17.9. The van der Waals surface area contributed by atoms with Crippen molar-refractivity contribution >= 4 is 5.52 Å². The summed E-state index contributed by atoms with van der Waals surface area (Å²) < 4.78 is 13.1. The summed E-state index contributed by atoms with van der Waals surface area (Å²) in [5.41, 5.74) is 3.54. The minimum absolute atomic E-state index is 0.521. The molecule has 7 heteroatoms. The zero-order valence-electron chi connectivity index (χ0n) is 15.4. The van der Waals surface area contributed by atoms with Crippen molar-refractivity contribution in [3.8, 4) is 17.0 Å². The van der Waals surface area contributed by atoms with Gasteiger partial charge in [-0.15, -0.1) is 0 Å². The Hall–Kier alpha value is -2.48. The van der Waals surface area contributed by atoms with E-state index in [1.165, 1.54) is 0 Å². The Morgan fingerprint density at radius 2 is 2.04 bits per heavy atom. The number of ether oxygens (including phenoxy) is 2. The zero-order chi connectivity index (χ0) is 18.6. The third kappa shape index (κ3) is 4.10. The van der Waals surface area contributed by atoms with Gasteiger partial charge in [0, 0.05) is 31.4 Å². The van der Waals surface area contributed by atoms with Crippen molar-refractivity contribution in [3.05, 3.63) is 48.4 Å².